The fraction of sp³-hybridized carbons (Fsp3) is 0.381. The topological polar surface area (TPSA) is 50.4 Å². The van der Waals surface area contributed by atoms with E-state index in [-0.39, 0.29) is 18.1 Å². The molecule has 2 aromatic carbocycles. The number of ether oxygens (including phenoxy) is 1. The second-order valence-corrected chi connectivity index (χ2v) is 6.36. The van der Waals surface area contributed by atoms with Crippen LogP contribution in [0.15, 0.2) is 60.7 Å². The predicted molar refractivity (Wildman–Crippen MR) is 102 cm³/mol. The molecule has 2 aromatic rings. The van der Waals surface area contributed by atoms with Crippen molar-refractivity contribution in [2.75, 3.05) is 20.2 Å². The summed E-state index contributed by atoms with van der Waals surface area (Å²) in [4.78, 5) is 12.4. The molecule has 0 saturated carbocycles. The first-order valence-corrected chi connectivity index (χ1v) is 8.76. The van der Waals surface area contributed by atoms with E-state index in [9.17, 15) is 4.79 Å². The molecule has 0 aliphatic carbocycles. The van der Waals surface area contributed by atoms with Gasteiger partial charge in [-0.15, -0.1) is 0 Å². The monoisotopic (exact) mass is 340 g/mol. The average Bonchev–Trinajstić information content (AvgIpc) is 2.67. The minimum absolute atomic E-state index is 0.0765. The Balaban J connectivity index is 1.88. The number of nitrogens with one attached hydrogen (secondary N) is 2. The molecule has 134 valence electrons. The number of hydrogen-bond acceptors (Lipinski definition) is 3. The summed E-state index contributed by atoms with van der Waals surface area (Å²) in [6.45, 7) is 5.67. The van der Waals surface area contributed by atoms with Gasteiger partial charge in [0.2, 0.25) is 0 Å². The second kappa shape index (κ2) is 9.97. The number of amides is 1. The van der Waals surface area contributed by atoms with Gasteiger partial charge in [0.05, 0.1) is 12.1 Å². The Bertz CT molecular complexity index is 631. The maximum atomic E-state index is 12.4. The normalized spacial score (nSPS) is 14.5. The van der Waals surface area contributed by atoms with Crippen molar-refractivity contribution in [2.24, 2.45) is 0 Å². The molecule has 2 N–H and O–H groups in total. The highest BCUT2D eigenvalue weighted by Gasteiger charge is 2.20. The molecule has 3 atom stereocenters. The Morgan fingerprint density at radius 3 is 2.16 bits per heavy atom. The van der Waals surface area contributed by atoms with E-state index in [0.29, 0.717) is 18.0 Å². The molecule has 25 heavy (non-hydrogen) atoms. The fourth-order valence-corrected chi connectivity index (χ4v) is 2.69. The number of rotatable bonds is 9. The third-order valence-corrected chi connectivity index (χ3v) is 4.47. The average molecular weight is 340 g/mol. The van der Waals surface area contributed by atoms with E-state index in [1.165, 1.54) is 5.56 Å². The van der Waals surface area contributed by atoms with Gasteiger partial charge >= 0.3 is 0 Å². The zero-order valence-electron chi connectivity index (χ0n) is 15.2. The van der Waals surface area contributed by atoms with E-state index in [1.807, 2.05) is 43.3 Å². The van der Waals surface area contributed by atoms with Crippen LogP contribution in [-0.4, -0.2) is 38.3 Å². The summed E-state index contributed by atoms with van der Waals surface area (Å²) in [5.74, 6) is 0.330. The molecule has 0 spiro atoms. The quantitative estimate of drug-likeness (QED) is 0.737. The number of hydrogen-bond donors (Lipinski definition) is 2. The number of benzene rings is 2. The van der Waals surface area contributed by atoms with Crippen LogP contribution in [0, 0.1) is 0 Å². The van der Waals surface area contributed by atoms with Crippen LogP contribution in [-0.2, 0) is 4.74 Å². The molecule has 3 unspecified atom stereocenters. The van der Waals surface area contributed by atoms with Crippen molar-refractivity contribution < 1.29 is 9.53 Å². The van der Waals surface area contributed by atoms with Gasteiger partial charge in [-0.25, -0.2) is 0 Å². The Morgan fingerprint density at radius 1 is 0.960 bits per heavy atom. The third kappa shape index (κ3) is 6.00. The van der Waals surface area contributed by atoms with Crippen molar-refractivity contribution in [2.45, 2.75) is 31.9 Å². The van der Waals surface area contributed by atoms with Crippen LogP contribution < -0.4 is 10.6 Å². The van der Waals surface area contributed by atoms with Crippen molar-refractivity contribution in [3.63, 3.8) is 0 Å². The van der Waals surface area contributed by atoms with Gasteiger partial charge in [-0.3, -0.25) is 4.79 Å². The van der Waals surface area contributed by atoms with Gasteiger partial charge in [-0.05, 0) is 30.5 Å². The van der Waals surface area contributed by atoms with Crippen LogP contribution in [0.3, 0.4) is 0 Å². The van der Waals surface area contributed by atoms with Gasteiger partial charge in [0.25, 0.3) is 5.91 Å². The van der Waals surface area contributed by atoms with E-state index < -0.39 is 0 Å². The fourth-order valence-electron chi connectivity index (χ4n) is 2.69. The molecule has 0 saturated heterocycles. The molecular formula is C21H28N2O2. The molecule has 1 amide bonds. The zero-order chi connectivity index (χ0) is 18.1. The van der Waals surface area contributed by atoms with Gasteiger partial charge in [-0.2, -0.15) is 0 Å². The summed E-state index contributed by atoms with van der Waals surface area (Å²) < 4.78 is 5.44. The summed E-state index contributed by atoms with van der Waals surface area (Å²) >= 11 is 0. The summed E-state index contributed by atoms with van der Waals surface area (Å²) in [6, 6.07) is 19.6. The highest BCUT2D eigenvalue weighted by Crippen LogP contribution is 2.13. The first kappa shape index (κ1) is 19.2. The van der Waals surface area contributed by atoms with E-state index in [4.69, 9.17) is 4.74 Å². The Morgan fingerprint density at radius 2 is 1.56 bits per heavy atom. The lowest BCUT2D eigenvalue weighted by molar-refractivity contribution is 0.0696. The van der Waals surface area contributed by atoms with Crippen LogP contribution >= 0.6 is 0 Å². The summed E-state index contributed by atoms with van der Waals surface area (Å²) in [6.07, 6.45) is -0.0767. The molecule has 0 bridgehead atoms. The lowest BCUT2D eigenvalue weighted by Gasteiger charge is -2.25. The number of carbonyl (C=O) groups excluding carboxylic acids is 1. The lowest BCUT2D eigenvalue weighted by atomic mass is 10.0. The molecule has 0 aliphatic rings. The zero-order valence-corrected chi connectivity index (χ0v) is 15.2. The Hall–Kier alpha value is -2.17. The molecule has 0 heterocycles. The number of carbonyl (C=O) groups is 1. The van der Waals surface area contributed by atoms with Gasteiger partial charge in [0.1, 0.15) is 0 Å². The second-order valence-electron chi connectivity index (χ2n) is 6.36. The van der Waals surface area contributed by atoms with Crippen molar-refractivity contribution in [3.8, 4) is 0 Å². The van der Waals surface area contributed by atoms with E-state index >= 15 is 0 Å². The Labute approximate surface area is 150 Å². The van der Waals surface area contributed by atoms with Crippen molar-refractivity contribution in [1.82, 2.24) is 10.6 Å². The van der Waals surface area contributed by atoms with Gasteiger partial charge in [0.15, 0.2) is 0 Å². The van der Waals surface area contributed by atoms with Gasteiger partial charge in [-0.1, -0.05) is 55.5 Å². The molecule has 0 aliphatic heterocycles. The van der Waals surface area contributed by atoms with Crippen LogP contribution in [0.4, 0.5) is 0 Å². The predicted octanol–water partition coefficient (Wildman–Crippen LogP) is 3.21. The van der Waals surface area contributed by atoms with Crippen molar-refractivity contribution >= 4 is 5.91 Å². The largest absolute Gasteiger partial charge is 0.380 e. The Kier molecular flexibility index (Phi) is 7.64. The first-order chi connectivity index (χ1) is 12.1. The smallest absolute Gasteiger partial charge is 0.251 e. The molecule has 0 radical (unpaired) electrons. The lowest BCUT2D eigenvalue weighted by Crippen LogP contribution is -2.49. The van der Waals surface area contributed by atoms with Gasteiger partial charge in [0, 0.05) is 25.8 Å². The highest BCUT2D eigenvalue weighted by atomic mass is 16.5. The molecule has 0 fully saturated rings. The molecule has 4 heteroatoms. The third-order valence-electron chi connectivity index (χ3n) is 4.47. The van der Waals surface area contributed by atoms with Crippen LogP contribution in [0.25, 0.3) is 0 Å². The SMILES string of the molecule is COC(C)C(CNCC(C)c1ccccc1)NC(=O)c1ccccc1. The minimum Gasteiger partial charge on any atom is -0.380 e. The molecular weight excluding hydrogens is 312 g/mol. The summed E-state index contributed by atoms with van der Waals surface area (Å²) in [5.41, 5.74) is 1.97. The van der Waals surface area contributed by atoms with Crippen LogP contribution in [0.2, 0.25) is 0 Å². The van der Waals surface area contributed by atoms with Crippen LogP contribution in [0.1, 0.15) is 35.7 Å². The summed E-state index contributed by atoms with van der Waals surface area (Å²) in [7, 11) is 1.67. The molecule has 0 aromatic heterocycles. The van der Waals surface area contributed by atoms with E-state index in [2.05, 4.69) is 41.8 Å². The first-order valence-electron chi connectivity index (χ1n) is 8.76. The highest BCUT2D eigenvalue weighted by molar-refractivity contribution is 5.94. The summed E-state index contributed by atoms with van der Waals surface area (Å²) in [5, 5.41) is 6.53. The molecule has 4 nitrogen and oxygen atoms in total. The maximum absolute atomic E-state index is 12.4. The maximum Gasteiger partial charge on any atom is 0.251 e. The number of methoxy groups -OCH3 is 1. The van der Waals surface area contributed by atoms with Crippen molar-refractivity contribution in [3.05, 3.63) is 71.8 Å². The van der Waals surface area contributed by atoms with Crippen molar-refractivity contribution in [1.29, 1.82) is 0 Å². The van der Waals surface area contributed by atoms with Gasteiger partial charge < -0.3 is 15.4 Å². The van der Waals surface area contributed by atoms with E-state index in [1.54, 1.807) is 7.11 Å². The van der Waals surface area contributed by atoms with E-state index in [0.717, 1.165) is 6.54 Å². The van der Waals surface area contributed by atoms with Crippen LogP contribution in [0.5, 0.6) is 0 Å². The molecule has 2 rings (SSSR count). The minimum atomic E-state index is -0.0966. The standard InChI is InChI=1S/C21H28N2O2/c1-16(18-10-6-4-7-11-18)14-22-15-20(17(2)25-3)23-21(24)19-12-8-5-9-13-19/h4-13,16-17,20,22H,14-15H2,1-3H3,(H,23,24).